The number of nitrogen functional groups attached to an aromatic ring is 1. The summed E-state index contributed by atoms with van der Waals surface area (Å²) in [5.41, 5.74) is 5.86. The van der Waals surface area contributed by atoms with Crippen molar-refractivity contribution in [2.75, 3.05) is 5.73 Å². The van der Waals surface area contributed by atoms with E-state index in [1.807, 2.05) is 0 Å². The van der Waals surface area contributed by atoms with E-state index in [-0.39, 0.29) is 5.82 Å². The lowest BCUT2D eigenvalue weighted by Crippen LogP contribution is -1.82. The first kappa shape index (κ1) is 5.51. The smallest absolute Gasteiger partial charge is 0.398 e. The van der Waals surface area contributed by atoms with Gasteiger partial charge in [-0.1, -0.05) is 0 Å². The molecule has 0 radical (unpaired) electrons. The minimum absolute atomic E-state index is 0.231. The maximum absolute atomic E-state index is 8.17. The number of anilines is 1. The molecule has 0 atom stereocenters. The van der Waals surface area contributed by atoms with Gasteiger partial charge in [0.05, 0.1) is 11.5 Å². The summed E-state index contributed by atoms with van der Waals surface area (Å²) < 4.78 is 0. The van der Waals surface area contributed by atoms with E-state index in [4.69, 9.17) is 11.1 Å². The summed E-state index contributed by atoms with van der Waals surface area (Å²) in [5.74, 6) is 0.231. The lowest BCUT2D eigenvalue weighted by Gasteiger charge is -1.79. The van der Waals surface area contributed by atoms with Crippen LogP contribution in [0, 0.1) is 5.39 Å². The van der Waals surface area contributed by atoms with Gasteiger partial charge in [0.2, 0.25) is 0 Å². The van der Waals surface area contributed by atoms with Crippen LogP contribution in [0.5, 0.6) is 0 Å². The van der Waals surface area contributed by atoms with Crippen molar-refractivity contribution < 1.29 is 0 Å². The summed E-state index contributed by atoms with van der Waals surface area (Å²) in [7, 11) is 0. The zero-order chi connectivity index (χ0) is 6.69. The Hall–Kier alpha value is -1.63. The van der Waals surface area contributed by atoms with Crippen molar-refractivity contribution in [1.29, 1.82) is 5.39 Å². The standard InChI is InChI=1S/C5H5N4/c6-4-1-2-8-5(3-4)9-7/h1-3H,(H2,6,8)/q+1. The Morgan fingerprint density at radius 3 is 2.89 bits per heavy atom. The molecule has 0 saturated heterocycles. The molecule has 0 bridgehead atoms. The van der Waals surface area contributed by atoms with Crippen molar-refractivity contribution in [2.24, 2.45) is 0 Å². The van der Waals surface area contributed by atoms with E-state index in [0.29, 0.717) is 5.69 Å². The molecule has 1 heterocycles. The first-order chi connectivity index (χ1) is 4.33. The van der Waals surface area contributed by atoms with Crippen LogP contribution >= 0.6 is 0 Å². The molecule has 0 aliphatic carbocycles. The molecule has 4 nitrogen and oxygen atoms in total. The molecule has 0 spiro atoms. The third-order valence-corrected chi connectivity index (χ3v) is 0.872. The Labute approximate surface area is 52.0 Å². The molecule has 44 valence electrons. The van der Waals surface area contributed by atoms with Crippen molar-refractivity contribution in [3.63, 3.8) is 0 Å². The van der Waals surface area contributed by atoms with Crippen LogP contribution in [0.25, 0.3) is 4.98 Å². The monoisotopic (exact) mass is 121 g/mol. The molecule has 0 amide bonds. The number of pyridine rings is 1. The molecule has 1 aromatic rings. The molecule has 2 N–H and O–H groups in total. The van der Waals surface area contributed by atoms with Crippen LogP contribution in [0.2, 0.25) is 0 Å². The molecule has 0 saturated carbocycles. The summed E-state index contributed by atoms with van der Waals surface area (Å²) in [5, 5.41) is 8.17. The molecular formula is C5H5N4+. The minimum Gasteiger partial charge on any atom is -0.398 e. The van der Waals surface area contributed by atoms with Crippen LogP contribution in [-0.2, 0) is 0 Å². The second kappa shape index (κ2) is 2.09. The predicted octanol–water partition coefficient (Wildman–Crippen LogP) is 1.15. The van der Waals surface area contributed by atoms with Crippen molar-refractivity contribution in [3.8, 4) is 0 Å². The Balaban J connectivity index is 3.12. The van der Waals surface area contributed by atoms with Crippen molar-refractivity contribution in [1.82, 2.24) is 4.98 Å². The molecule has 4 heteroatoms. The molecule has 0 aliphatic heterocycles. The second-order valence-electron chi connectivity index (χ2n) is 1.55. The van der Waals surface area contributed by atoms with Gasteiger partial charge in [0.1, 0.15) is 6.20 Å². The molecule has 1 rings (SSSR count). The predicted molar refractivity (Wildman–Crippen MR) is 33.4 cm³/mol. The molecular weight excluding hydrogens is 116 g/mol. The number of aromatic nitrogens is 1. The highest BCUT2D eigenvalue weighted by Crippen LogP contribution is 2.09. The topological polar surface area (TPSA) is 67.1 Å². The number of hydrogen-bond acceptors (Lipinski definition) is 3. The van der Waals surface area contributed by atoms with Crippen molar-refractivity contribution in [3.05, 3.63) is 23.3 Å². The van der Waals surface area contributed by atoms with Crippen LogP contribution in [0.15, 0.2) is 18.3 Å². The van der Waals surface area contributed by atoms with Gasteiger partial charge in [-0.2, -0.15) is 0 Å². The number of diazo groups is 1. The fraction of sp³-hybridized carbons (Fsp3) is 0. The maximum Gasteiger partial charge on any atom is 0.466 e. The van der Waals surface area contributed by atoms with E-state index < -0.39 is 0 Å². The van der Waals surface area contributed by atoms with Crippen LogP contribution in [0.4, 0.5) is 11.5 Å². The molecule has 1 aromatic heterocycles. The normalized spacial score (nSPS) is 8.33. The van der Waals surface area contributed by atoms with Gasteiger partial charge in [0.25, 0.3) is 0 Å². The fourth-order valence-electron chi connectivity index (χ4n) is 0.489. The van der Waals surface area contributed by atoms with E-state index in [1.54, 1.807) is 6.07 Å². The van der Waals surface area contributed by atoms with Crippen LogP contribution < -0.4 is 5.73 Å². The van der Waals surface area contributed by atoms with E-state index >= 15 is 0 Å². The van der Waals surface area contributed by atoms with Gasteiger partial charge >= 0.3 is 5.82 Å². The van der Waals surface area contributed by atoms with Crippen LogP contribution in [0.1, 0.15) is 0 Å². The van der Waals surface area contributed by atoms with Crippen LogP contribution in [-0.4, -0.2) is 4.98 Å². The Morgan fingerprint density at radius 1 is 1.67 bits per heavy atom. The van der Waals surface area contributed by atoms with Gasteiger partial charge in [0, 0.05) is 16.7 Å². The molecule has 0 aromatic carbocycles. The largest absolute Gasteiger partial charge is 0.466 e. The van der Waals surface area contributed by atoms with Gasteiger partial charge in [-0.3, -0.25) is 0 Å². The minimum atomic E-state index is 0.231. The maximum atomic E-state index is 8.17. The average Bonchev–Trinajstić information content (AvgIpc) is 1.88. The number of rotatable bonds is 0. The second-order valence-corrected chi connectivity index (χ2v) is 1.55. The zero-order valence-electron chi connectivity index (χ0n) is 4.65. The zero-order valence-corrected chi connectivity index (χ0v) is 4.65. The quantitative estimate of drug-likeness (QED) is 0.523. The van der Waals surface area contributed by atoms with Crippen LogP contribution in [0.3, 0.4) is 0 Å². The Bertz CT molecular complexity index is 249. The average molecular weight is 121 g/mol. The van der Waals surface area contributed by atoms with E-state index in [2.05, 4.69) is 9.96 Å². The summed E-state index contributed by atoms with van der Waals surface area (Å²) in [6, 6.07) is 3.09. The Morgan fingerprint density at radius 2 is 2.44 bits per heavy atom. The highest BCUT2D eigenvalue weighted by atomic mass is 15.0. The number of nitrogens with zero attached hydrogens (tertiary/aromatic N) is 3. The summed E-state index contributed by atoms with van der Waals surface area (Å²) in [6.45, 7) is 0. The van der Waals surface area contributed by atoms with Gasteiger partial charge in [0.15, 0.2) is 0 Å². The summed E-state index contributed by atoms with van der Waals surface area (Å²) in [6.07, 6.45) is 1.48. The van der Waals surface area contributed by atoms with E-state index in [9.17, 15) is 0 Å². The SMILES string of the molecule is N#[N+]c1cc(N)ccn1. The first-order valence-electron chi connectivity index (χ1n) is 2.39. The summed E-state index contributed by atoms with van der Waals surface area (Å²) in [4.78, 5) is 6.50. The number of nitrogens with two attached hydrogens (primary N) is 1. The van der Waals surface area contributed by atoms with Crippen molar-refractivity contribution in [2.45, 2.75) is 0 Å². The van der Waals surface area contributed by atoms with Crippen molar-refractivity contribution >= 4 is 11.5 Å². The van der Waals surface area contributed by atoms with Gasteiger partial charge in [-0.25, -0.2) is 0 Å². The third kappa shape index (κ3) is 1.13. The highest BCUT2D eigenvalue weighted by Gasteiger charge is 2.02. The van der Waals surface area contributed by atoms with Gasteiger partial charge in [-0.15, -0.1) is 0 Å². The Kier molecular flexibility index (Phi) is 1.28. The lowest BCUT2D eigenvalue weighted by molar-refractivity contribution is 1.32. The van der Waals surface area contributed by atoms with E-state index in [1.165, 1.54) is 12.3 Å². The molecule has 0 unspecified atom stereocenters. The highest BCUT2D eigenvalue weighted by molar-refractivity contribution is 5.48. The third-order valence-electron chi connectivity index (χ3n) is 0.872. The lowest BCUT2D eigenvalue weighted by atomic mass is 10.4. The fourth-order valence-corrected chi connectivity index (χ4v) is 0.489. The number of hydrogen-bond donors (Lipinski definition) is 1. The van der Waals surface area contributed by atoms with E-state index in [0.717, 1.165) is 0 Å². The van der Waals surface area contributed by atoms with Gasteiger partial charge < -0.3 is 5.73 Å². The molecule has 0 aliphatic rings. The summed E-state index contributed by atoms with van der Waals surface area (Å²) >= 11 is 0. The molecule has 9 heavy (non-hydrogen) atoms. The van der Waals surface area contributed by atoms with Gasteiger partial charge in [-0.05, 0) is 4.98 Å². The first-order valence-corrected chi connectivity index (χ1v) is 2.39. The molecule has 0 fully saturated rings.